The minimum atomic E-state index is -0.209. The maximum atomic E-state index is 12.2. The Labute approximate surface area is 232 Å². The largest absolute Gasteiger partial charge is 0.337 e. The van der Waals surface area contributed by atoms with Crippen molar-refractivity contribution in [1.82, 2.24) is 30.6 Å². The number of fused-ring (bicyclic) bond motifs is 2. The molecule has 4 N–H and O–H groups in total. The van der Waals surface area contributed by atoms with Crippen molar-refractivity contribution in [3.63, 3.8) is 0 Å². The van der Waals surface area contributed by atoms with Gasteiger partial charge in [-0.25, -0.2) is 9.97 Å². The van der Waals surface area contributed by atoms with Crippen LogP contribution in [0.25, 0.3) is 45.6 Å². The van der Waals surface area contributed by atoms with E-state index < -0.39 is 0 Å². The van der Waals surface area contributed by atoms with Crippen molar-refractivity contribution < 1.29 is 9.59 Å². The molecule has 0 unspecified atom stereocenters. The predicted octanol–water partition coefficient (Wildman–Crippen LogP) is 5.94. The van der Waals surface area contributed by atoms with E-state index in [2.05, 4.69) is 46.6 Å². The fourth-order valence-corrected chi connectivity index (χ4v) is 4.59. The van der Waals surface area contributed by atoms with Gasteiger partial charge in [0.25, 0.3) is 0 Å². The number of rotatable bonds is 6. The van der Waals surface area contributed by atoms with Gasteiger partial charge >= 0.3 is 0 Å². The number of carbonyl (C=O) groups is 2. The van der Waals surface area contributed by atoms with E-state index in [1.165, 1.54) is 13.8 Å². The third-order valence-corrected chi connectivity index (χ3v) is 6.92. The van der Waals surface area contributed by atoms with Crippen LogP contribution in [0.15, 0.2) is 48.5 Å². The van der Waals surface area contributed by atoms with Gasteiger partial charge in [-0.15, -0.1) is 0 Å². The summed E-state index contributed by atoms with van der Waals surface area (Å²) in [6, 6.07) is 15.9. The van der Waals surface area contributed by atoms with Gasteiger partial charge in [0.05, 0.1) is 33.5 Å². The topological polar surface area (TPSA) is 116 Å². The summed E-state index contributed by atoms with van der Waals surface area (Å²) in [5, 5.41) is 5.85. The number of aromatic nitrogens is 4. The Morgan fingerprint density at radius 3 is 1.40 bits per heavy atom. The van der Waals surface area contributed by atoms with Crippen LogP contribution in [0.4, 0.5) is 0 Å². The van der Waals surface area contributed by atoms with E-state index >= 15 is 0 Å². The first kappa shape index (κ1) is 26.6. The molecule has 202 valence electrons. The highest BCUT2D eigenvalue weighted by Crippen LogP contribution is 2.25. The zero-order chi connectivity index (χ0) is 28.6. The number of hydrogen-bond acceptors (Lipinski definition) is 4. The van der Waals surface area contributed by atoms with Crippen LogP contribution in [0.2, 0.25) is 0 Å². The van der Waals surface area contributed by atoms with E-state index in [1.54, 1.807) is 0 Å². The number of H-pyrrole nitrogens is 2. The third kappa shape index (κ3) is 5.56. The Bertz CT molecular complexity index is 1640. The van der Waals surface area contributed by atoms with Gasteiger partial charge in [0, 0.05) is 13.8 Å². The van der Waals surface area contributed by atoms with Crippen LogP contribution in [0.1, 0.15) is 58.9 Å². The summed E-state index contributed by atoms with van der Waals surface area (Å²) in [5.41, 5.74) is 10.8. The van der Waals surface area contributed by atoms with Crippen molar-refractivity contribution in [2.75, 3.05) is 0 Å². The minimum absolute atomic E-state index is 0.209. The molecule has 40 heavy (non-hydrogen) atoms. The molecule has 0 bridgehead atoms. The quantitative estimate of drug-likeness (QED) is 0.217. The third-order valence-electron chi connectivity index (χ3n) is 6.92. The van der Waals surface area contributed by atoms with E-state index in [0.29, 0.717) is 23.0 Å². The lowest BCUT2D eigenvalue weighted by atomic mass is 10.0. The molecule has 2 amide bonds. The smallest absolute Gasteiger partial charge is 0.221 e. The molecule has 0 fully saturated rings. The van der Waals surface area contributed by atoms with Crippen molar-refractivity contribution in [1.29, 1.82) is 0 Å². The molecule has 2 aromatic heterocycles. The highest BCUT2D eigenvalue weighted by atomic mass is 16.2. The first-order valence-electron chi connectivity index (χ1n) is 13.1. The summed E-state index contributed by atoms with van der Waals surface area (Å²) >= 11 is 0. The lowest BCUT2D eigenvalue weighted by molar-refractivity contribution is -0.118. The first-order chi connectivity index (χ1) is 19.1. The molecule has 0 spiro atoms. The fourth-order valence-electron chi connectivity index (χ4n) is 4.59. The minimum Gasteiger partial charge on any atom is -0.337 e. The molecule has 8 nitrogen and oxygen atoms in total. The number of carbonyl (C=O) groups excluding carboxylic acids is 2. The fraction of sp³-hybridized carbons (Fsp3) is 0.188. The van der Waals surface area contributed by atoms with Crippen LogP contribution >= 0.6 is 0 Å². The number of aromatic amines is 2. The molecule has 0 saturated heterocycles. The SMILES string of the molecule is CC(=O)NC(=Cc1ccccc1C=C(NC(C)=O)c1nc2cc(C)c(C)cc2[nH]1)c1nc2cc(C)c(C)cc2[nH]1. The van der Waals surface area contributed by atoms with Gasteiger partial charge in [-0.2, -0.15) is 0 Å². The number of hydrogen-bond donors (Lipinski definition) is 4. The molecule has 0 aliphatic rings. The molecular formula is C32H32N6O2. The Morgan fingerprint density at radius 1 is 0.650 bits per heavy atom. The Hall–Kier alpha value is -4.98. The average Bonchev–Trinajstić information content (AvgIpc) is 3.48. The summed E-state index contributed by atoms with van der Waals surface area (Å²) in [7, 11) is 0. The number of amides is 2. The monoisotopic (exact) mass is 532 g/mol. The second kappa shape index (κ2) is 10.6. The first-order valence-corrected chi connectivity index (χ1v) is 13.1. The standard InChI is InChI=1S/C32H32N6O2/c1-17-11-25-26(12-18(17)2)36-31(35-25)29(33-21(5)39)15-23-9-7-8-10-24(23)16-30(34-22(6)40)32-37-27-13-19(3)20(4)14-28(27)38-32/h7-16H,1-6H3,(H,33,39)(H,34,40)(H,35,36)(H,37,38). The zero-order valence-corrected chi connectivity index (χ0v) is 23.5. The molecule has 3 aromatic carbocycles. The van der Waals surface area contributed by atoms with Crippen LogP contribution in [0.5, 0.6) is 0 Å². The molecular weight excluding hydrogens is 500 g/mol. The maximum Gasteiger partial charge on any atom is 0.221 e. The molecule has 0 saturated carbocycles. The van der Waals surface area contributed by atoms with E-state index in [1.807, 2.05) is 62.4 Å². The summed E-state index contributed by atoms with van der Waals surface area (Å²) in [6.07, 6.45) is 3.75. The van der Waals surface area contributed by atoms with E-state index in [4.69, 9.17) is 9.97 Å². The van der Waals surface area contributed by atoms with Crippen molar-refractivity contribution in [3.8, 4) is 0 Å². The van der Waals surface area contributed by atoms with Crippen LogP contribution in [-0.4, -0.2) is 31.8 Å². The second-order valence-corrected chi connectivity index (χ2v) is 10.2. The van der Waals surface area contributed by atoms with Gasteiger partial charge in [0.15, 0.2) is 11.6 Å². The number of nitrogens with zero attached hydrogens (tertiary/aromatic N) is 2. The molecule has 0 aliphatic heterocycles. The summed E-state index contributed by atoms with van der Waals surface area (Å²) in [5.74, 6) is 0.691. The molecule has 0 radical (unpaired) electrons. The molecule has 0 aliphatic carbocycles. The Balaban J connectivity index is 1.62. The molecule has 5 aromatic rings. The van der Waals surface area contributed by atoms with Crippen LogP contribution in [-0.2, 0) is 9.59 Å². The van der Waals surface area contributed by atoms with Crippen molar-refractivity contribution in [2.45, 2.75) is 41.5 Å². The molecule has 5 rings (SSSR count). The van der Waals surface area contributed by atoms with Gasteiger partial charge in [-0.3, -0.25) is 9.59 Å². The lowest BCUT2D eigenvalue weighted by Gasteiger charge is -2.10. The van der Waals surface area contributed by atoms with Crippen molar-refractivity contribution in [3.05, 3.63) is 93.6 Å². The van der Waals surface area contributed by atoms with Crippen molar-refractivity contribution in [2.24, 2.45) is 0 Å². The normalized spacial score (nSPS) is 12.2. The van der Waals surface area contributed by atoms with Gasteiger partial charge in [0.2, 0.25) is 11.8 Å². The van der Waals surface area contributed by atoms with Gasteiger partial charge in [0.1, 0.15) is 0 Å². The lowest BCUT2D eigenvalue weighted by Crippen LogP contribution is -2.19. The van der Waals surface area contributed by atoms with Crippen LogP contribution in [0, 0.1) is 27.7 Å². The number of nitrogens with one attached hydrogen (secondary N) is 4. The van der Waals surface area contributed by atoms with Gasteiger partial charge in [-0.1, -0.05) is 24.3 Å². The number of imidazole rings is 2. The summed E-state index contributed by atoms with van der Waals surface area (Å²) in [6.45, 7) is 11.1. The van der Waals surface area contributed by atoms with Crippen molar-refractivity contribution >= 4 is 57.4 Å². The summed E-state index contributed by atoms with van der Waals surface area (Å²) < 4.78 is 0. The van der Waals surface area contributed by atoms with Crippen LogP contribution in [0.3, 0.4) is 0 Å². The van der Waals surface area contributed by atoms with Gasteiger partial charge < -0.3 is 20.6 Å². The Morgan fingerprint density at radius 2 is 1.02 bits per heavy atom. The van der Waals surface area contributed by atoms with E-state index in [-0.39, 0.29) is 11.8 Å². The predicted molar refractivity (Wildman–Crippen MR) is 161 cm³/mol. The maximum absolute atomic E-state index is 12.2. The number of aryl methyl sites for hydroxylation is 4. The van der Waals surface area contributed by atoms with E-state index in [9.17, 15) is 9.59 Å². The highest BCUT2D eigenvalue weighted by molar-refractivity contribution is 5.96. The zero-order valence-electron chi connectivity index (χ0n) is 23.5. The molecule has 2 heterocycles. The molecule has 8 heteroatoms. The van der Waals surface area contributed by atoms with Gasteiger partial charge in [-0.05, 0) is 97.5 Å². The summed E-state index contributed by atoms with van der Waals surface area (Å²) in [4.78, 5) is 40.6. The van der Waals surface area contributed by atoms with E-state index in [0.717, 1.165) is 55.4 Å². The van der Waals surface area contributed by atoms with Crippen LogP contribution < -0.4 is 10.6 Å². The second-order valence-electron chi connectivity index (χ2n) is 10.2. The molecule has 0 atom stereocenters. The number of benzene rings is 3. The highest BCUT2D eigenvalue weighted by Gasteiger charge is 2.14. The Kier molecular flexibility index (Phi) is 7.09. The average molecular weight is 533 g/mol.